The summed E-state index contributed by atoms with van der Waals surface area (Å²) in [5.74, 6) is -0.0611. The van der Waals surface area contributed by atoms with Crippen LogP contribution in [0.5, 0.6) is 0 Å². The molecule has 142 valence electrons. The Morgan fingerprint density at radius 1 is 1.15 bits per heavy atom. The molecule has 4 nitrogen and oxygen atoms in total. The standard InChI is InChI=1S/C21H27FO4/c1-18-7-5-13(23)9-12(18)3-4-15-14-6-8-20(17(25)11-26-20)19(14,2)10-16(24)21(15,18)22/h9,14-16,24H,3-8,10-11H2,1-2H3/t14-,15-,16+,18-,19-,20+,21-/m0/s1. The van der Waals surface area contributed by atoms with E-state index in [4.69, 9.17) is 4.74 Å². The molecule has 0 bridgehead atoms. The van der Waals surface area contributed by atoms with Crippen LogP contribution in [0, 0.1) is 22.7 Å². The van der Waals surface area contributed by atoms with Crippen molar-refractivity contribution in [2.45, 2.75) is 76.2 Å². The minimum atomic E-state index is -1.74. The van der Waals surface area contributed by atoms with Crippen LogP contribution in [0.15, 0.2) is 11.6 Å². The SMILES string of the molecule is C[C@]12CCC(=O)C=C1CC[C@H]1[C@@H]3CC[C@]4(OCC4=O)[C@@]3(C)C[C@@H](O)[C@@]12F. The molecule has 7 atom stereocenters. The van der Waals surface area contributed by atoms with Gasteiger partial charge >= 0.3 is 0 Å². The highest BCUT2D eigenvalue weighted by molar-refractivity contribution is 5.94. The van der Waals surface area contributed by atoms with Crippen molar-refractivity contribution in [1.29, 1.82) is 0 Å². The van der Waals surface area contributed by atoms with E-state index in [0.717, 1.165) is 12.0 Å². The number of rotatable bonds is 0. The topological polar surface area (TPSA) is 63.6 Å². The third kappa shape index (κ3) is 1.60. The summed E-state index contributed by atoms with van der Waals surface area (Å²) in [6.45, 7) is 4.08. The summed E-state index contributed by atoms with van der Waals surface area (Å²) in [4.78, 5) is 24.3. The summed E-state index contributed by atoms with van der Waals surface area (Å²) in [5.41, 5.74) is -2.95. The molecule has 26 heavy (non-hydrogen) atoms. The van der Waals surface area contributed by atoms with E-state index in [1.165, 1.54) is 0 Å². The lowest BCUT2D eigenvalue weighted by Gasteiger charge is -2.64. The highest BCUT2D eigenvalue weighted by Crippen LogP contribution is 2.71. The highest BCUT2D eigenvalue weighted by atomic mass is 19.1. The Balaban J connectivity index is 1.61. The van der Waals surface area contributed by atoms with Gasteiger partial charge in [-0.05, 0) is 50.5 Å². The van der Waals surface area contributed by atoms with Crippen molar-refractivity contribution in [3.8, 4) is 0 Å². The molecule has 1 heterocycles. The van der Waals surface area contributed by atoms with E-state index in [0.29, 0.717) is 32.1 Å². The van der Waals surface area contributed by atoms with Crippen molar-refractivity contribution < 1.29 is 23.8 Å². The number of aliphatic hydroxyl groups is 1. The van der Waals surface area contributed by atoms with Crippen LogP contribution in [-0.2, 0) is 14.3 Å². The Bertz CT molecular complexity index is 746. The second-order valence-corrected chi connectivity index (χ2v) is 9.70. The van der Waals surface area contributed by atoms with E-state index >= 15 is 4.39 Å². The molecule has 0 aromatic carbocycles. The fourth-order valence-corrected chi connectivity index (χ4v) is 7.56. The molecule has 1 spiro atoms. The molecule has 0 unspecified atom stereocenters. The van der Waals surface area contributed by atoms with Gasteiger partial charge in [-0.2, -0.15) is 0 Å². The predicted molar refractivity (Wildman–Crippen MR) is 92.1 cm³/mol. The molecular formula is C21H27FO4. The largest absolute Gasteiger partial charge is 0.390 e. The Hall–Kier alpha value is -1.07. The van der Waals surface area contributed by atoms with Crippen LogP contribution >= 0.6 is 0 Å². The monoisotopic (exact) mass is 362 g/mol. The van der Waals surface area contributed by atoms with Gasteiger partial charge in [0, 0.05) is 23.2 Å². The summed E-state index contributed by atoms with van der Waals surface area (Å²) < 4.78 is 22.6. The van der Waals surface area contributed by atoms with Crippen LogP contribution in [0.1, 0.15) is 58.8 Å². The smallest absolute Gasteiger partial charge is 0.190 e. The summed E-state index contributed by atoms with van der Waals surface area (Å²) in [7, 11) is 0. The van der Waals surface area contributed by atoms with Crippen molar-refractivity contribution in [2.24, 2.45) is 22.7 Å². The van der Waals surface area contributed by atoms with Crippen molar-refractivity contribution in [2.75, 3.05) is 6.61 Å². The van der Waals surface area contributed by atoms with Crippen LogP contribution in [0.25, 0.3) is 0 Å². The molecule has 5 aliphatic rings. The molecule has 1 saturated heterocycles. The maximum Gasteiger partial charge on any atom is 0.190 e. The first-order chi connectivity index (χ1) is 12.2. The zero-order valence-corrected chi connectivity index (χ0v) is 15.5. The normalized spacial score (nSPS) is 55.7. The number of Topliss-reactive ketones (excluding diaryl/α,β-unsaturated/α-hetero) is 1. The summed E-state index contributed by atoms with van der Waals surface area (Å²) in [6, 6.07) is 0. The number of halogens is 1. The molecule has 0 aromatic heterocycles. The average Bonchev–Trinajstić information content (AvgIpc) is 2.90. The lowest BCUT2D eigenvalue weighted by molar-refractivity contribution is -0.250. The zero-order valence-electron chi connectivity index (χ0n) is 15.5. The van der Waals surface area contributed by atoms with Gasteiger partial charge in [-0.15, -0.1) is 0 Å². The molecule has 1 aliphatic heterocycles. The summed E-state index contributed by atoms with van der Waals surface area (Å²) in [6.07, 6.45) is 4.33. The van der Waals surface area contributed by atoms with E-state index in [-0.39, 0.29) is 36.4 Å². The quantitative estimate of drug-likeness (QED) is 0.720. The molecule has 5 heteroatoms. The van der Waals surface area contributed by atoms with Gasteiger partial charge in [0.1, 0.15) is 17.9 Å². The van der Waals surface area contributed by atoms with Gasteiger partial charge in [-0.3, -0.25) is 9.59 Å². The van der Waals surface area contributed by atoms with Crippen LogP contribution in [-0.4, -0.2) is 40.7 Å². The lowest BCUT2D eigenvalue weighted by Crippen LogP contribution is -2.71. The number of ether oxygens (including phenoxy) is 1. The van der Waals surface area contributed by atoms with Gasteiger partial charge in [0.05, 0.1) is 6.10 Å². The first-order valence-electron chi connectivity index (χ1n) is 9.97. The lowest BCUT2D eigenvalue weighted by atomic mass is 9.43. The molecule has 4 aliphatic carbocycles. The Labute approximate surface area is 153 Å². The number of alkyl halides is 1. The van der Waals surface area contributed by atoms with Gasteiger partial charge in [0.25, 0.3) is 0 Å². The van der Waals surface area contributed by atoms with Gasteiger partial charge in [-0.1, -0.05) is 19.4 Å². The molecule has 4 fully saturated rings. The zero-order chi connectivity index (χ0) is 18.5. The maximum atomic E-state index is 16.8. The molecule has 5 rings (SSSR count). The fourth-order valence-electron chi connectivity index (χ4n) is 7.56. The Kier molecular flexibility index (Phi) is 3.18. The van der Waals surface area contributed by atoms with Gasteiger partial charge < -0.3 is 9.84 Å². The molecule has 3 saturated carbocycles. The number of carbonyl (C=O) groups is 2. The van der Waals surface area contributed by atoms with E-state index in [2.05, 4.69) is 0 Å². The van der Waals surface area contributed by atoms with E-state index in [1.54, 1.807) is 6.08 Å². The minimum absolute atomic E-state index is 0.0381. The number of carbonyl (C=O) groups excluding carboxylic acids is 2. The van der Waals surface area contributed by atoms with Gasteiger partial charge in [0.15, 0.2) is 11.6 Å². The molecular weight excluding hydrogens is 335 g/mol. The first kappa shape index (κ1) is 17.1. The fraction of sp³-hybridized carbons (Fsp3) is 0.810. The number of fused-ring (bicyclic) bond motifs is 6. The van der Waals surface area contributed by atoms with Crippen LogP contribution in [0.3, 0.4) is 0 Å². The molecule has 1 N–H and O–H groups in total. The second-order valence-electron chi connectivity index (χ2n) is 9.70. The van der Waals surface area contributed by atoms with Crippen molar-refractivity contribution >= 4 is 11.6 Å². The summed E-state index contributed by atoms with van der Waals surface area (Å²) >= 11 is 0. The number of allylic oxidation sites excluding steroid dienone is 1. The first-order valence-corrected chi connectivity index (χ1v) is 9.97. The van der Waals surface area contributed by atoms with Crippen molar-refractivity contribution in [1.82, 2.24) is 0 Å². The number of hydrogen-bond acceptors (Lipinski definition) is 4. The third-order valence-corrected chi connectivity index (χ3v) is 9.06. The van der Waals surface area contributed by atoms with E-state index in [9.17, 15) is 14.7 Å². The second kappa shape index (κ2) is 4.85. The third-order valence-electron chi connectivity index (χ3n) is 9.06. The van der Waals surface area contributed by atoms with E-state index in [1.807, 2.05) is 13.8 Å². The number of hydrogen-bond donors (Lipinski definition) is 1. The van der Waals surface area contributed by atoms with Gasteiger partial charge in [0.2, 0.25) is 0 Å². The number of ketones is 2. The van der Waals surface area contributed by atoms with Crippen molar-refractivity contribution in [3.63, 3.8) is 0 Å². The summed E-state index contributed by atoms with van der Waals surface area (Å²) in [5, 5.41) is 11.1. The molecule has 0 amide bonds. The predicted octanol–water partition coefficient (Wildman–Crippen LogP) is 2.92. The molecule has 0 aromatic rings. The maximum absolute atomic E-state index is 16.8. The average molecular weight is 362 g/mol. The van der Waals surface area contributed by atoms with Crippen LogP contribution in [0.4, 0.5) is 4.39 Å². The number of aliphatic hydroxyl groups excluding tert-OH is 1. The van der Waals surface area contributed by atoms with Crippen LogP contribution < -0.4 is 0 Å². The molecule has 0 radical (unpaired) electrons. The van der Waals surface area contributed by atoms with Crippen LogP contribution in [0.2, 0.25) is 0 Å². The Morgan fingerprint density at radius 2 is 1.92 bits per heavy atom. The highest BCUT2D eigenvalue weighted by Gasteiger charge is 2.76. The van der Waals surface area contributed by atoms with E-state index < -0.39 is 28.2 Å². The minimum Gasteiger partial charge on any atom is -0.390 e. The Morgan fingerprint density at radius 3 is 2.58 bits per heavy atom. The van der Waals surface area contributed by atoms with Crippen molar-refractivity contribution in [3.05, 3.63) is 11.6 Å². The van der Waals surface area contributed by atoms with Gasteiger partial charge in [-0.25, -0.2) is 4.39 Å².